The van der Waals surface area contributed by atoms with Gasteiger partial charge in [-0.3, -0.25) is 4.79 Å². The fraction of sp³-hybridized carbons (Fsp3) is 0.448. The molecular weight excluding hydrogens is 406 g/mol. The van der Waals surface area contributed by atoms with Crippen LogP contribution in [0.25, 0.3) is 0 Å². The van der Waals surface area contributed by atoms with Gasteiger partial charge in [-0.2, -0.15) is 5.10 Å². The third-order valence-electron chi connectivity index (χ3n) is 7.69. The molecule has 1 aliphatic rings. The first-order chi connectivity index (χ1) is 15.8. The van der Waals surface area contributed by atoms with E-state index in [9.17, 15) is 4.79 Å². The van der Waals surface area contributed by atoms with E-state index in [1.165, 1.54) is 16.7 Å². The zero-order chi connectivity index (χ0) is 23.6. The van der Waals surface area contributed by atoms with Crippen molar-refractivity contribution in [3.05, 3.63) is 83.0 Å². The molecule has 4 rings (SSSR count). The van der Waals surface area contributed by atoms with E-state index in [2.05, 4.69) is 93.6 Å². The lowest BCUT2D eigenvalue weighted by Gasteiger charge is -2.38. The van der Waals surface area contributed by atoms with Gasteiger partial charge in [0, 0.05) is 11.8 Å². The van der Waals surface area contributed by atoms with Crippen LogP contribution < -0.4 is 5.32 Å². The molecule has 174 valence electrons. The normalized spacial score (nSPS) is 17.3. The van der Waals surface area contributed by atoms with E-state index >= 15 is 0 Å². The maximum Gasteiger partial charge on any atom is 0.169 e. The molecule has 1 aromatic heterocycles. The number of rotatable bonds is 8. The van der Waals surface area contributed by atoms with E-state index in [1.54, 1.807) is 6.20 Å². The van der Waals surface area contributed by atoms with Gasteiger partial charge in [0.2, 0.25) is 0 Å². The highest BCUT2D eigenvalue weighted by molar-refractivity contribution is 6.01. The molecule has 1 N–H and O–H groups in total. The summed E-state index contributed by atoms with van der Waals surface area (Å²) in [6, 6.07) is 19.5. The maximum atomic E-state index is 13.8. The Morgan fingerprint density at radius 3 is 2.33 bits per heavy atom. The molecule has 1 aliphatic heterocycles. The van der Waals surface area contributed by atoms with E-state index in [0.717, 1.165) is 31.5 Å². The number of fused-ring (bicyclic) bond motifs is 1. The average molecular weight is 444 g/mol. The van der Waals surface area contributed by atoms with E-state index in [0.29, 0.717) is 12.0 Å². The van der Waals surface area contributed by atoms with Crippen LogP contribution in [0, 0.1) is 0 Å². The highest BCUT2D eigenvalue weighted by Crippen LogP contribution is 2.42. The number of carbonyl (C=O) groups excluding carboxylic acids is 1. The third kappa shape index (κ3) is 4.36. The zero-order valence-corrected chi connectivity index (χ0v) is 20.7. The number of aryl methyl sites for hydroxylation is 1. The Labute approximate surface area is 198 Å². The van der Waals surface area contributed by atoms with Crippen LogP contribution in [-0.4, -0.2) is 15.6 Å². The van der Waals surface area contributed by atoms with Gasteiger partial charge in [-0.1, -0.05) is 75.4 Å². The van der Waals surface area contributed by atoms with Crippen LogP contribution in [0.1, 0.15) is 93.4 Å². The second-order valence-corrected chi connectivity index (χ2v) is 10.1. The minimum atomic E-state index is -0.178. The Hall–Kier alpha value is -2.88. The quantitative estimate of drug-likeness (QED) is 0.379. The van der Waals surface area contributed by atoms with Gasteiger partial charge in [-0.15, -0.1) is 0 Å². The van der Waals surface area contributed by atoms with E-state index in [4.69, 9.17) is 0 Å². The van der Waals surface area contributed by atoms with Crippen LogP contribution in [-0.2, 0) is 17.4 Å². The summed E-state index contributed by atoms with van der Waals surface area (Å²) in [6.07, 6.45) is 6.05. The maximum absolute atomic E-state index is 13.8. The molecule has 33 heavy (non-hydrogen) atoms. The molecule has 4 nitrogen and oxygen atoms in total. The summed E-state index contributed by atoms with van der Waals surface area (Å²) in [5.41, 5.74) is 4.19. The predicted octanol–water partition coefficient (Wildman–Crippen LogP) is 7.07. The van der Waals surface area contributed by atoms with Crippen molar-refractivity contribution < 1.29 is 4.79 Å². The first kappa shape index (κ1) is 23.3. The minimum absolute atomic E-state index is 0.153. The number of ketones is 1. The number of hydrogen-bond donors (Lipinski definition) is 1. The van der Waals surface area contributed by atoms with Crippen LogP contribution in [0.15, 0.2) is 60.8 Å². The molecule has 0 bridgehead atoms. The van der Waals surface area contributed by atoms with E-state index in [1.807, 2.05) is 10.7 Å². The lowest BCUT2D eigenvalue weighted by Crippen LogP contribution is -2.38. The Morgan fingerprint density at radius 1 is 1.06 bits per heavy atom. The zero-order valence-electron chi connectivity index (χ0n) is 20.7. The number of aromatic nitrogens is 2. The smallest absolute Gasteiger partial charge is 0.169 e. The van der Waals surface area contributed by atoms with Crippen LogP contribution >= 0.6 is 0 Å². The summed E-state index contributed by atoms with van der Waals surface area (Å²) >= 11 is 0. The van der Waals surface area contributed by atoms with Crippen molar-refractivity contribution in [2.75, 3.05) is 5.32 Å². The van der Waals surface area contributed by atoms with Crippen LogP contribution in [0.2, 0.25) is 0 Å². The summed E-state index contributed by atoms with van der Waals surface area (Å²) in [5, 5.41) is 8.32. The number of nitrogens with one attached hydrogen (secondary N) is 1. The fourth-order valence-corrected chi connectivity index (χ4v) is 5.35. The van der Waals surface area contributed by atoms with Gasteiger partial charge < -0.3 is 5.32 Å². The Morgan fingerprint density at radius 2 is 1.73 bits per heavy atom. The molecule has 2 aromatic carbocycles. The van der Waals surface area contributed by atoms with Crippen molar-refractivity contribution in [1.82, 2.24) is 9.78 Å². The van der Waals surface area contributed by atoms with Gasteiger partial charge in [-0.25, -0.2) is 4.68 Å². The molecule has 0 saturated carbocycles. The number of benzene rings is 2. The van der Waals surface area contributed by atoms with Gasteiger partial charge in [0.05, 0.1) is 23.3 Å². The first-order valence-electron chi connectivity index (χ1n) is 12.4. The number of Topliss-reactive ketones (excluding diaryl/α,β-unsaturated/α-hetero) is 1. The second kappa shape index (κ2) is 9.17. The Balaban J connectivity index is 1.66. The summed E-state index contributed by atoms with van der Waals surface area (Å²) in [7, 11) is 0. The van der Waals surface area contributed by atoms with Gasteiger partial charge in [0.25, 0.3) is 0 Å². The van der Waals surface area contributed by atoms with Crippen molar-refractivity contribution in [3.63, 3.8) is 0 Å². The SMILES string of the molecule is CCc1ccc(C(CC)(CC)CC(=O)c2cnn3c2N[C@@H](c2ccccc2)CC3(C)C)cc1. The summed E-state index contributed by atoms with van der Waals surface area (Å²) in [6.45, 7) is 11.0. The fourth-order valence-electron chi connectivity index (χ4n) is 5.35. The standard InChI is InChI=1S/C29H37N3O/c1-6-21-14-16-23(17-15-21)29(7-2,8-3)19-26(33)24-20-30-32-27(24)31-25(18-28(32,4)5)22-12-10-9-11-13-22/h9-17,20,25,31H,6-8,18-19H2,1-5H3/t25-/m1/s1. The number of hydrogen-bond acceptors (Lipinski definition) is 3. The minimum Gasteiger partial charge on any atom is -0.363 e. The Kier molecular flexibility index (Phi) is 6.47. The number of carbonyl (C=O) groups is 1. The van der Waals surface area contributed by atoms with Gasteiger partial charge in [-0.05, 0) is 56.2 Å². The van der Waals surface area contributed by atoms with Crippen molar-refractivity contribution in [2.24, 2.45) is 0 Å². The molecule has 4 heteroatoms. The molecule has 1 atom stereocenters. The van der Waals surface area contributed by atoms with Crippen molar-refractivity contribution in [3.8, 4) is 0 Å². The molecule has 0 spiro atoms. The topological polar surface area (TPSA) is 46.9 Å². The average Bonchev–Trinajstić information content (AvgIpc) is 3.28. The molecule has 0 amide bonds. The highest BCUT2D eigenvalue weighted by Gasteiger charge is 2.38. The molecule has 0 saturated heterocycles. The largest absolute Gasteiger partial charge is 0.363 e. The van der Waals surface area contributed by atoms with Gasteiger partial charge in [0.1, 0.15) is 5.82 Å². The van der Waals surface area contributed by atoms with Gasteiger partial charge >= 0.3 is 0 Å². The molecule has 0 radical (unpaired) electrons. The summed E-state index contributed by atoms with van der Waals surface area (Å²) in [4.78, 5) is 13.8. The van der Waals surface area contributed by atoms with Crippen molar-refractivity contribution in [2.45, 2.75) is 83.7 Å². The lowest BCUT2D eigenvalue weighted by molar-refractivity contribution is 0.0944. The van der Waals surface area contributed by atoms with Crippen LogP contribution in [0.5, 0.6) is 0 Å². The molecule has 2 heterocycles. The predicted molar refractivity (Wildman–Crippen MR) is 136 cm³/mol. The van der Waals surface area contributed by atoms with Crippen LogP contribution in [0.4, 0.5) is 5.82 Å². The second-order valence-electron chi connectivity index (χ2n) is 10.1. The third-order valence-corrected chi connectivity index (χ3v) is 7.69. The molecule has 0 fully saturated rings. The lowest BCUT2D eigenvalue weighted by atomic mass is 9.71. The Bertz CT molecular complexity index is 1090. The first-order valence-corrected chi connectivity index (χ1v) is 12.4. The van der Waals surface area contributed by atoms with Crippen molar-refractivity contribution in [1.29, 1.82) is 0 Å². The van der Waals surface area contributed by atoms with Crippen molar-refractivity contribution >= 4 is 11.6 Å². The highest BCUT2D eigenvalue weighted by atomic mass is 16.1. The molecule has 0 unspecified atom stereocenters. The van der Waals surface area contributed by atoms with Crippen LogP contribution in [0.3, 0.4) is 0 Å². The monoisotopic (exact) mass is 443 g/mol. The summed E-state index contributed by atoms with van der Waals surface area (Å²) in [5.74, 6) is 1.02. The summed E-state index contributed by atoms with van der Waals surface area (Å²) < 4.78 is 2.01. The number of nitrogens with zero attached hydrogens (tertiary/aromatic N) is 2. The number of anilines is 1. The molecule has 3 aromatic rings. The van der Waals surface area contributed by atoms with E-state index in [-0.39, 0.29) is 22.8 Å². The van der Waals surface area contributed by atoms with E-state index < -0.39 is 0 Å². The molecular formula is C29H37N3O. The molecule has 0 aliphatic carbocycles. The van der Waals surface area contributed by atoms with Gasteiger partial charge in [0.15, 0.2) is 5.78 Å².